The number of benzene rings is 2. The molecule has 0 radical (unpaired) electrons. The fraction of sp³-hybridized carbons (Fsp3) is 0.176. The zero-order valence-electron chi connectivity index (χ0n) is 12.5. The molecule has 0 bridgehead atoms. The van der Waals surface area contributed by atoms with Crippen molar-refractivity contribution in [1.29, 1.82) is 0 Å². The summed E-state index contributed by atoms with van der Waals surface area (Å²) >= 11 is 1.34. The zero-order chi connectivity index (χ0) is 15.9. The molecule has 0 saturated heterocycles. The maximum absolute atomic E-state index is 13.6. The van der Waals surface area contributed by atoms with Crippen LogP contribution in [0.5, 0.6) is 0 Å². The van der Waals surface area contributed by atoms with Crippen LogP contribution in [0, 0.1) is 26.6 Å². The Balaban J connectivity index is 1.92. The number of anilines is 1. The first-order valence-corrected chi connectivity index (χ1v) is 7.71. The molecule has 2 aromatic carbocycles. The van der Waals surface area contributed by atoms with E-state index >= 15 is 0 Å². The summed E-state index contributed by atoms with van der Waals surface area (Å²) in [4.78, 5) is 16.7. The van der Waals surface area contributed by atoms with E-state index in [0.29, 0.717) is 21.8 Å². The van der Waals surface area contributed by atoms with Crippen molar-refractivity contribution in [2.24, 2.45) is 0 Å². The molecule has 5 heteroatoms. The van der Waals surface area contributed by atoms with Crippen molar-refractivity contribution in [3.63, 3.8) is 0 Å². The Morgan fingerprint density at radius 1 is 1.14 bits per heavy atom. The Morgan fingerprint density at radius 2 is 1.82 bits per heavy atom. The third-order valence-corrected chi connectivity index (χ3v) is 4.39. The summed E-state index contributed by atoms with van der Waals surface area (Å²) in [5, 5.41) is 3.27. The second kappa shape index (κ2) is 5.50. The molecule has 0 aliphatic heterocycles. The van der Waals surface area contributed by atoms with Crippen molar-refractivity contribution in [1.82, 2.24) is 4.98 Å². The molecule has 0 fully saturated rings. The van der Waals surface area contributed by atoms with E-state index < -0.39 is 0 Å². The maximum Gasteiger partial charge on any atom is 0.257 e. The van der Waals surface area contributed by atoms with Gasteiger partial charge in [-0.1, -0.05) is 28.5 Å². The smallest absolute Gasteiger partial charge is 0.257 e. The van der Waals surface area contributed by atoms with E-state index in [-0.39, 0.29) is 11.7 Å². The fourth-order valence-corrected chi connectivity index (χ4v) is 3.35. The molecule has 1 aromatic heterocycles. The summed E-state index contributed by atoms with van der Waals surface area (Å²) in [5.74, 6) is -0.492. The van der Waals surface area contributed by atoms with Gasteiger partial charge >= 0.3 is 0 Å². The summed E-state index contributed by atoms with van der Waals surface area (Å²) < 4.78 is 14.4. The molecule has 22 heavy (non-hydrogen) atoms. The first kappa shape index (κ1) is 14.7. The molecule has 1 heterocycles. The second-order valence-corrected chi connectivity index (χ2v) is 6.40. The van der Waals surface area contributed by atoms with Gasteiger partial charge in [0.1, 0.15) is 5.82 Å². The van der Waals surface area contributed by atoms with Gasteiger partial charge in [0.15, 0.2) is 5.13 Å². The molecular formula is C17H15FN2OS. The highest BCUT2D eigenvalue weighted by Crippen LogP contribution is 2.29. The number of hydrogen-bond acceptors (Lipinski definition) is 3. The lowest BCUT2D eigenvalue weighted by molar-refractivity contribution is 0.102. The van der Waals surface area contributed by atoms with Gasteiger partial charge in [0.25, 0.3) is 5.91 Å². The molecule has 0 spiro atoms. The number of thiazole rings is 1. The minimum Gasteiger partial charge on any atom is -0.298 e. The molecule has 0 atom stereocenters. The van der Waals surface area contributed by atoms with Crippen molar-refractivity contribution in [2.75, 3.05) is 5.32 Å². The molecule has 0 aliphatic carbocycles. The van der Waals surface area contributed by atoms with E-state index in [1.807, 2.05) is 32.0 Å². The molecule has 0 unspecified atom stereocenters. The monoisotopic (exact) mass is 314 g/mol. The molecule has 1 amide bonds. The summed E-state index contributed by atoms with van der Waals surface area (Å²) in [7, 11) is 0. The lowest BCUT2D eigenvalue weighted by Crippen LogP contribution is -2.12. The number of nitrogens with zero attached hydrogens (tertiary/aromatic N) is 1. The number of carbonyl (C=O) groups is 1. The number of halogens is 1. The molecule has 0 aliphatic rings. The lowest BCUT2D eigenvalue weighted by atomic mass is 10.1. The Morgan fingerprint density at radius 3 is 2.50 bits per heavy atom. The molecule has 0 saturated carbocycles. The van der Waals surface area contributed by atoms with Gasteiger partial charge in [-0.3, -0.25) is 10.1 Å². The predicted octanol–water partition coefficient (Wildman–Crippen LogP) is 4.61. The van der Waals surface area contributed by atoms with Crippen molar-refractivity contribution >= 4 is 32.6 Å². The number of carbonyl (C=O) groups excluding carboxylic acids is 1. The molecule has 3 aromatic rings. The van der Waals surface area contributed by atoms with Gasteiger partial charge in [-0.25, -0.2) is 9.37 Å². The number of aromatic nitrogens is 1. The quantitative estimate of drug-likeness (QED) is 0.750. The van der Waals surface area contributed by atoms with Crippen LogP contribution >= 0.6 is 11.3 Å². The lowest BCUT2D eigenvalue weighted by Gasteiger charge is -2.04. The van der Waals surface area contributed by atoms with Crippen LogP contribution < -0.4 is 5.32 Å². The Labute approximate surface area is 131 Å². The third-order valence-electron chi connectivity index (χ3n) is 3.45. The highest BCUT2D eigenvalue weighted by Gasteiger charge is 2.13. The third kappa shape index (κ3) is 2.72. The average Bonchev–Trinajstić information content (AvgIpc) is 2.85. The average molecular weight is 314 g/mol. The van der Waals surface area contributed by atoms with Gasteiger partial charge in [-0.2, -0.15) is 0 Å². The number of fused-ring (bicyclic) bond motifs is 1. The second-order valence-electron chi connectivity index (χ2n) is 5.37. The number of amides is 1. The van der Waals surface area contributed by atoms with Crippen LogP contribution in [0.15, 0.2) is 30.3 Å². The van der Waals surface area contributed by atoms with Crippen molar-refractivity contribution in [3.8, 4) is 0 Å². The first-order valence-electron chi connectivity index (χ1n) is 6.89. The van der Waals surface area contributed by atoms with Crippen LogP contribution in [0.1, 0.15) is 27.0 Å². The number of hydrogen-bond donors (Lipinski definition) is 1. The summed E-state index contributed by atoms with van der Waals surface area (Å²) in [6, 6.07) is 8.79. The van der Waals surface area contributed by atoms with Crippen LogP contribution in [0.2, 0.25) is 0 Å². The van der Waals surface area contributed by atoms with Crippen LogP contribution in [-0.2, 0) is 0 Å². The summed E-state index contributed by atoms with van der Waals surface area (Å²) in [5.41, 5.74) is 3.76. The van der Waals surface area contributed by atoms with Crippen LogP contribution in [0.25, 0.3) is 10.2 Å². The van der Waals surface area contributed by atoms with Gasteiger partial charge in [0.2, 0.25) is 0 Å². The van der Waals surface area contributed by atoms with E-state index in [9.17, 15) is 9.18 Å². The van der Waals surface area contributed by atoms with Crippen LogP contribution in [0.3, 0.4) is 0 Å². The Kier molecular flexibility index (Phi) is 3.66. The number of nitrogens with one attached hydrogen (secondary N) is 1. The molecule has 1 N–H and O–H groups in total. The standard InChI is InChI=1S/C17H15FN2OS/c1-9-6-10(2)8-12(7-9)16(21)20-17-19-15-11(3)13(18)4-5-14(15)22-17/h4-8H,1-3H3,(H,19,20,21). The largest absolute Gasteiger partial charge is 0.298 e. The molecule has 3 nitrogen and oxygen atoms in total. The topological polar surface area (TPSA) is 42.0 Å². The van der Waals surface area contributed by atoms with Crippen molar-refractivity contribution < 1.29 is 9.18 Å². The van der Waals surface area contributed by atoms with E-state index in [1.165, 1.54) is 17.4 Å². The van der Waals surface area contributed by atoms with Crippen LogP contribution in [-0.4, -0.2) is 10.9 Å². The summed E-state index contributed by atoms with van der Waals surface area (Å²) in [6.45, 7) is 5.59. The van der Waals surface area contributed by atoms with E-state index in [0.717, 1.165) is 15.8 Å². The minimum atomic E-state index is -0.287. The van der Waals surface area contributed by atoms with E-state index in [2.05, 4.69) is 10.3 Å². The SMILES string of the molecule is Cc1cc(C)cc(C(=O)Nc2nc3c(C)c(F)ccc3s2)c1. The summed E-state index contributed by atoms with van der Waals surface area (Å²) in [6.07, 6.45) is 0. The van der Waals surface area contributed by atoms with Crippen LogP contribution in [0.4, 0.5) is 9.52 Å². The molecule has 3 rings (SSSR count). The molecule has 112 valence electrons. The minimum absolute atomic E-state index is 0.205. The van der Waals surface area contributed by atoms with E-state index in [1.54, 1.807) is 13.0 Å². The van der Waals surface area contributed by atoms with Gasteiger partial charge in [-0.15, -0.1) is 0 Å². The normalized spacial score (nSPS) is 10.9. The fourth-order valence-electron chi connectivity index (χ4n) is 2.43. The number of rotatable bonds is 2. The van der Waals surface area contributed by atoms with Gasteiger partial charge in [0, 0.05) is 11.1 Å². The Hall–Kier alpha value is -2.27. The van der Waals surface area contributed by atoms with Crippen molar-refractivity contribution in [2.45, 2.75) is 20.8 Å². The van der Waals surface area contributed by atoms with E-state index in [4.69, 9.17) is 0 Å². The first-order chi connectivity index (χ1) is 10.4. The zero-order valence-corrected chi connectivity index (χ0v) is 13.3. The highest BCUT2D eigenvalue weighted by molar-refractivity contribution is 7.22. The predicted molar refractivity (Wildman–Crippen MR) is 88.2 cm³/mol. The Bertz CT molecular complexity index is 865. The number of aryl methyl sites for hydroxylation is 3. The molecular weight excluding hydrogens is 299 g/mol. The van der Waals surface area contributed by atoms with Gasteiger partial charge < -0.3 is 0 Å². The highest BCUT2D eigenvalue weighted by atomic mass is 32.1. The van der Waals surface area contributed by atoms with Gasteiger partial charge in [-0.05, 0) is 45.0 Å². The maximum atomic E-state index is 13.6. The van der Waals surface area contributed by atoms with Gasteiger partial charge in [0.05, 0.1) is 10.2 Å². The van der Waals surface area contributed by atoms with Crippen molar-refractivity contribution in [3.05, 3.63) is 58.4 Å².